The third-order valence-electron chi connectivity index (χ3n) is 3.00. The highest BCUT2D eigenvalue weighted by atomic mass is 16.6. The third kappa shape index (κ3) is 3.00. The van der Waals surface area contributed by atoms with Crippen LogP contribution in [0.2, 0.25) is 0 Å². The normalized spacial score (nSPS) is 10.3. The number of aryl methyl sites for hydroxylation is 1. The average Bonchev–Trinajstić information content (AvgIpc) is 2.46. The summed E-state index contributed by atoms with van der Waals surface area (Å²) in [7, 11) is 0. The van der Waals surface area contributed by atoms with Crippen molar-refractivity contribution in [2.45, 2.75) is 13.8 Å². The zero-order valence-corrected chi connectivity index (χ0v) is 12.2. The minimum absolute atomic E-state index is 0.00653. The molecule has 0 aliphatic heterocycles. The largest absolute Gasteiger partial charge is 0.368 e. The van der Waals surface area contributed by atoms with Crippen LogP contribution in [0.5, 0.6) is 0 Å². The number of carbonyl (C=O) groups is 1. The highest BCUT2D eigenvalue weighted by Gasteiger charge is 2.20. The Bertz CT molecular complexity index is 745. The molecule has 8 heteroatoms. The van der Waals surface area contributed by atoms with Gasteiger partial charge in [-0.3, -0.25) is 14.9 Å². The number of hydrogen-bond acceptors (Lipinski definition) is 6. The number of nitrogens with zero attached hydrogens (tertiary/aromatic N) is 3. The van der Waals surface area contributed by atoms with E-state index in [0.717, 1.165) is 0 Å². The molecule has 0 saturated heterocycles. The molecule has 0 bridgehead atoms. The third-order valence-corrected chi connectivity index (χ3v) is 3.00. The van der Waals surface area contributed by atoms with Crippen LogP contribution < -0.4 is 11.1 Å². The number of non-ortho nitro benzene ring substituents is 1. The molecule has 0 atom stereocenters. The molecule has 114 valence electrons. The van der Waals surface area contributed by atoms with Crippen molar-refractivity contribution in [3.8, 4) is 11.3 Å². The van der Waals surface area contributed by atoms with Crippen molar-refractivity contribution in [1.82, 2.24) is 15.3 Å². The van der Waals surface area contributed by atoms with Crippen LogP contribution >= 0.6 is 0 Å². The average molecular weight is 301 g/mol. The summed E-state index contributed by atoms with van der Waals surface area (Å²) in [5.41, 5.74) is 6.95. The van der Waals surface area contributed by atoms with Crippen LogP contribution in [0.25, 0.3) is 11.3 Å². The summed E-state index contributed by atoms with van der Waals surface area (Å²) in [6.07, 6.45) is 0. The molecule has 0 aliphatic carbocycles. The van der Waals surface area contributed by atoms with E-state index in [0.29, 0.717) is 17.8 Å². The van der Waals surface area contributed by atoms with Crippen molar-refractivity contribution in [1.29, 1.82) is 0 Å². The Hall–Kier alpha value is -3.03. The fourth-order valence-corrected chi connectivity index (χ4v) is 2.09. The summed E-state index contributed by atoms with van der Waals surface area (Å²) in [5.74, 6) is -0.339. The second-order valence-electron chi connectivity index (χ2n) is 4.56. The lowest BCUT2D eigenvalue weighted by Crippen LogP contribution is -2.25. The number of nitro groups is 1. The van der Waals surface area contributed by atoms with Gasteiger partial charge in [0.2, 0.25) is 5.95 Å². The van der Waals surface area contributed by atoms with Gasteiger partial charge in [-0.25, -0.2) is 9.97 Å². The van der Waals surface area contributed by atoms with Crippen LogP contribution in [-0.4, -0.2) is 27.3 Å². The summed E-state index contributed by atoms with van der Waals surface area (Å²) in [6.45, 7) is 3.87. The molecule has 0 fully saturated rings. The Balaban J connectivity index is 2.66. The zero-order chi connectivity index (χ0) is 16.3. The van der Waals surface area contributed by atoms with Crippen LogP contribution in [0.15, 0.2) is 24.3 Å². The molecule has 1 aromatic carbocycles. The molecule has 8 nitrogen and oxygen atoms in total. The lowest BCUT2D eigenvalue weighted by atomic mass is 10.0. The fourth-order valence-electron chi connectivity index (χ4n) is 2.09. The van der Waals surface area contributed by atoms with E-state index in [1.54, 1.807) is 19.9 Å². The number of hydrogen-bond donors (Lipinski definition) is 2. The van der Waals surface area contributed by atoms with Gasteiger partial charge >= 0.3 is 0 Å². The Morgan fingerprint density at radius 1 is 1.41 bits per heavy atom. The van der Waals surface area contributed by atoms with Gasteiger partial charge in [-0.15, -0.1) is 0 Å². The molecule has 22 heavy (non-hydrogen) atoms. The summed E-state index contributed by atoms with van der Waals surface area (Å²) in [6, 6.07) is 5.89. The Labute approximate surface area is 126 Å². The van der Waals surface area contributed by atoms with Crippen molar-refractivity contribution < 1.29 is 9.72 Å². The number of amides is 1. The highest BCUT2D eigenvalue weighted by Crippen LogP contribution is 2.27. The number of nitrogen functional groups attached to an aromatic ring is 1. The standard InChI is InChI=1S/C14H15N5O3/c1-3-16-13(20)11-8(2)17-14(15)18-12(11)9-5-4-6-10(7-9)19(21)22/h4-7H,3H2,1-2H3,(H,16,20)(H2,15,17,18). The molecule has 1 aromatic heterocycles. The minimum Gasteiger partial charge on any atom is -0.368 e. The van der Waals surface area contributed by atoms with E-state index in [2.05, 4.69) is 15.3 Å². The quantitative estimate of drug-likeness (QED) is 0.654. The summed E-state index contributed by atoms with van der Waals surface area (Å²) in [4.78, 5) is 30.7. The number of anilines is 1. The fraction of sp³-hybridized carbons (Fsp3) is 0.214. The van der Waals surface area contributed by atoms with Gasteiger partial charge in [0.25, 0.3) is 11.6 Å². The van der Waals surface area contributed by atoms with Crippen LogP contribution in [0.3, 0.4) is 0 Å². The van der Waals surface area contributed by atoms with Crippen molar-refractivity contribution >= 4 is 17.5 Å². The Morgan fingerprint density at radius 3 is 2.77 bits per heavy atom. The molecule has 0 unspecified atom stereocenters. The second-order valence-corrected chi connectivity index (χ2v) is 4.56. The number of nitrogens with two attached hydrogens (primary N) is 1. The van der Waals surface area contributed by atoms with E-state index in [4.69, 9.17) is 5.73 Å². The van der Waals surface area contributed by atoms with Crippen LogP contribution in [-0.2, 0) is 0 Å². The molecule has 1 heterocycles. The van der Waals surface area contributed by atoms with Gasteiger partial charge in [0.15, 0.2) is 0 Å². The Morgan fingerprint density at radius 2 is 2.14 bits per heavy atom. The number of nitro benzene ring substituents is 1. The smallest absolute Gasteiger partial charge is 0.270 e. The summed E-state index contributed by atoms with van der Waals surface area (Å²) >= 11 is 0. The zero-order valence-electron chi connectivity index (χ0n) is 12.2. The predicted octanol–water partition coefficient (Wildman–Crippen LogP) is 1.69. The summed E-state index contributed by atoms with van der Waals surface area (Å²) < 4.78 is 0. The molecule has 0 radical (unpaired) electrons. The van der Waals surface area contributed by atoms with Crippen molar-refractivity contribution in [2.75, 3.05) is 12.3 Å². The molecule has 2 rings (SSSR count). The molecular formula is C14H15N5O3. The molecule has 0 saturated carbocycles. The topological polar surface area (TPSA) is 124 Å². The van der Waals surface area contributed by atoms with Gasteiger partial charge in [0, 0.05) is 24.2 Å². The number of benzene rings is 1. The van der Waals surface area contributed by atoms with E-state index < -0.39 is 4.92 Å². The van der Waals surface area contributed by atoms with Gasteiger partial charge in [0.05, 0.1) is 21.9 Å². The Kier molecular flexibility index (Phi) is 4.31. The number of carbonyl (C=O) groups excluding carboxylic acids is 1. The second kappa shape index (κ2) is 6.17. The minimum atomic E-state index is -0.507. The van der Waals surface area contributed by atoms with E-state index in [-0.39, 0.29) is 28.8 Å². The van der Waals surface area contributed by atoms with E-state index in [9.17, 15) is 14.9 Å². The molecule has 0 spiro atoms. The predicted molar refractivity (Wildman–Crippen MR) is 81.3 cm³/mol. The number of rotatable bonds is 4. The van der Waals surface area contributed by atoms with Crippen LogP contribution in [0.1, 0.15) is 23.0 Å². The molecule has 3 N–H and O–H groups in total. The van der Waals surface area contributed by atoms with Crippen LogP contribution in [0.4, 0.5) is 11.6 Å². The first-order valence-electron chi connectivity index (χ1n) is 6.61. The highest BCUT2D eigenvalue weighted by molar-refractivity contribution is 6.01. The van der Waals surface area contributed by atoms with Crippen LogP contribution in [0, 0.1) is 17.0 Å². The molecule has 2 aromatic rings. The monoisotopic (exact) mass is 301 g/mol. The maximum atomic E-state index is 12.2. The van der Waals surface area contributed by atoms with Gasteiger partial charge in [-0.05, 0) is 13.8 Å². The van der Waals surface area contributed by atoms with E-state index in [1.165, 1.54) is 18.2 Å². The maximum absolute atomic E-state index is 12.2. The lowest BCUT2D eigenvalue weighted by Gasteiger charge is -2.11. The first-order chi connectivity index (χ1) is 10.4. The molecule has 1 amide bonds. The van der Waals surface area contributed by atoms with Crippen molar-refractivity contribution in [2.24, 2.45) is 0 Å². The van der Waals surface area contributed by atoms with Gasteiger partial charge in [0.1, 0.15) is 0 Å². The van der Waals surface area contributed by atoms with Crippen molar-refractivity contribution in [3.63, 3.8) is 0 Å². The van der Waals surface area contributed by atoms with Gasteiger partial charge in [-0.2, -0.15) is 0 Å². The number of nitrogens with one attached hydrogen (secondary N) is 1. The van der Waals surface area contributed by atoms with Gasteiger partial charge < -0.3 is 11.1 Å². The molecule has 0 aliphatic rings. The van der Waals surface area contributed by atoms with Gasteiger partial charge in [-0.1, -0.05) is 12.1 Å². The number of aromatic nitrogens is 2. The van der Waals surface area contributed by atoms with E-state index >= 15 is 0 Å². The van der Waals surface area contributed by atoms with Crippen molar-refractivity contribution in [3.05, 3.63) is 45.6 Å². The summed E-state index contributed by atoms with van der Waals surface area (Å²) in [5, 5.41) is 13.6. The van der Waals surface area contributed by atoms with E-state index in [1.807, 2.05) is 0 Å². The first-order valence-corrected chi connectivity index (χ1v) is 6.61. The lowest BCUT2D eigenvalue weighted by molar-refractivity contribution is -0.384. The molecular weight excluding hydrogens is 286 g/mol. The maximum Gasteiger partial charge on any atom is 0.270 e. The SMILES string of the molecule is CCNC(=O)c1c(C)nc(N)nc1-c1cccc([N+](=O)[O-])c1. The first kappa shape index (κ1) is 15.4.